The average Bonchev–Trinajstić information content (AvgIpc) is 2.43. The normalized spacial score (nSPS) is 52.1. The molecule has 2 N–H and O–H groups in total. The molecule has 0 spiro atoms. The minimum absolute atomic E-state index is 0.0851. The fraction of sp³-hybridized carbons (Fsp3) is 0.846. The van der Waals surface area contributed by atoms with E-state index in [-0.39, 0.29) is 17.4 Å². The Balaban J connectivity index is 2.00. The molecule has 0 radical (unpaired) electrons. The van der Waals surface area contributed by atoms with E-state index in [9.17, 15) is 10.2 Å². The lowest BCUT2D eigenvalue weighted by Crippen LogP contribution is -2.34. The van der Waals surface area contributed by atoms with Crippen molar-refractivity contribution in [2.24, 2.45) is 22.7 Å². The zero-order valence-corrected chi connectivity index (χ0v) is 9.37. The Hall–Kier alpha value is -0.340. The molecule has 2 heteroatoms. The molecule has 3 aliphatic carbocycles. The molecule has 84 valence electrons. The van der Waals surface area contributed by atoms with Crippen molar-refractivity contribution in [1.82, 2.24) is 0 Å². The molecule has 0 aromatic heterocycles. The van der Waals surface area contributed by atoms with Crippen molar-refractivity contribution in [3.05, 3.63) is 11.6 Å². The molecular weight excluding hydrogens is 188 g/mol. The summed E-state index contributed by atoms with van der Waals surface area (Å²) in [4.78, 5) is 0. The summed E-state index contributed by atoms with van der Waals surface area (Å²) in [6.07, 6.45) is 6.84. The van der Waals surface area contributed by atoms with Crippen LogP contribution in [-0.4, -0.2) is 23.4 Å². The highest BCUT2D eigenvalue weighted by Gasteiger charge is 2.55. The van der Waals surface area contributed by atoms with Crippen molar-refractivity contribution in [2.45, 2.75) is 32.6 Å². The number of allylic oxidation sites excluding steroid dienone is 1. The Bertz CT molecular complexity index is 322. The number of aliphatic hydroxyl groups excluding tert-OH is 2. The van der Waals surface area contributed by atoms with Crippen molar-refractivity contribution >= 4 is 0 Å². The molecule has 2 bridgehead atoms. The van der Waals surface area contributed by atoms with E-state index in [0.717, 1.165) is 24.7 Å². The second kappa shape index (κ2) is 2.86. The van der Waals surface area contributed by atoms with Crippen LogP contribution in [0.15, 0.2) is 11.6 Å². The molecule has 2 saturated carbocycles. The molecule has 3 rings (SSSR count). The number of fused-ring (bicyclic) bond motifs is 1. The van der Waals surface area contributed by atoms with Gasteiger partial charge in [-0.15, -0.1) is 0 Å². The first-order valence-corrected chi connectivity index (χ1v) is 6.03. The first-order chi connectivity index (χ1) is 7.10. The van der Waals surface area contributed by atoms with E-state index < -0.39 is 0 Å². The molecule has 0 aromatic carbocycles. The van der Waals surface area contributed by atoms with Crippen LogP contribution in [0.1, 0.15) is 32.6 Å². The number of aliphatic hydroxyl groups is 2. The Morgan fingerprint density at radius 2 is 2.13 bits per heavy atom. The van der Waals surface area contributed by atoms with Gasteiger partial charge < -0.3 is 10.2 Å². The first kappa shape index (κ1) is 9.86. The van der Waals surface area contributed by atoms with Gasteiger partial charge in [0.2, 0.25) is 0 Å². The van der Waals surface area contributed by atoms with E-state index in [0.29, 0.717) is 6.61 Å². The van der Waals surface area contributed by atoms with Gasteiger partial charge in [0, 0.05) is 12.0 Å². The first-order valence-electron chi connectivity index (χ1n) is 6.03. The lowest BCUT2D eigenvalue weighted by Gasteiger charge is -2.40. The average molecular weight is 208 g/mol. The zero-order valence-electron chi connectivity index (χ0n) is 9.37. The maximum atomic E-state index is 9.65. The third kappa shape index (κ3) is 1.24. The Kier molecular flexibility index (Phi) is 1.88. The molecule has 0 aliphatic heterocycles. The van der Waals surface area contributed by atoms with E-state index in [1.807, 2.05) is 0 Å². The van der Waals surface area contributed by atoms with Gasteiger partial charge in [0.25, 0.3) is 0 Å². The minimum atomic E-state index is -0.0851. The largest absolute Gasteiger partial charge is 0.396 e. The molecule has 4 unspecified atom stereocenters. The summed E-state index contributed by atoms with van der Waals surface area (Å²) < 4.78 is 0. The van der Waals surface area contributed by atoms with Crippen LogP contribution >= 0.6 is 0 Å². The highest BCUT2D eigenvalue weighted by atomic mass is 16.3. The summed E-state index contributed by atoms with van der Waals surface area (Å²) in [6, 6.07) is 0. The monoisotopic (exact) mass is 208 g/mol. The number of hydrogen-bond acceptors (Lipinski definition) is 2. The molecule has 4 atom stereocenters. The summed E-state index contributed by atoms with van der Waals surface area (Å²) in [5.74, 6) is 1.58. The van der Waals surface area contributed by atoms with Gasteiger partial charge in [0.05, 0.1) is 6.61 Å². The standard InChI is InChI=1S/C13H20O2/c1-12(7-14)3-9-2-10-4-13(6-12,8-15)5-11(9)10/h3,10-11,14-15H,2,4-8H2,1H3. The zero-order chi connectivity index (χ0) is 10.7. The second-order valence-corrected chi connectivity index (χ2v) is 6.35. The van der Waals surface area contributed by atoms with Crippen LogP contribution in [0.4, 0.5) is 0 Å². The number of hydrogen-bond donors (Lipinski definition) is 2. The summed E-state index contributed by atoms with van der Waals surface area (Å²) in [5, 5.41) is 19.2. The van der Waals surface area contributed by atoms with Gasteiger partial charge in [-0.1, -0.05) is 18.6 Å². The van der Waals surface area contributed by atoms with Crippen molar-refractivity contribution in [3.63, 3.8) is 0 Å². The lowest BCUT2D eigenvalue weighted by atomic mass is 9.66. The van der Waals surface area contributed by atoms with E-state index in [1.54, 1.807) is 5.57 Å². The topological polar surface area (TPSA) is 40.5 Å². The highest BCUT2D eigenvalue weighted by Crippen LogP contribution is 2.64. The molecule has 3 aliphatic rings. The van der Waals surface area contributed by atoms with E-state index in [4.69, 9.17) is 0 Å². The predicted octanol–water partition coefficient (Wildman–Crippen LogP) is 1.72. The highest BCUT2D eigenvalue weighted by molar-refractivity contribution is 5.29. The smallest absolute Gasteiger partial charge is 0.0519 e. The van der Waals surface area contributed by atoms with Crippen LogP contribution in [-0.2, 0) is 0 Å². The Morgan fingerprint density at radius 3 is 2.80 bits per heavy atom. The third-order valence-corrected chi connectivity index (χ3v) is 4.90. The lowest BCUT2D eigenvalue weighted by molar-refractivity contribution is 0.0569. The predicted molar refractivity (Wildman–Crippen MR) is 58.2 cm³/mol. The summed E-state index contributed by atoms with van der Waals surface area (Å²) in [5.41, 5.74) is 1.59. The molecule has 0 saturated heterocycles. The SMILES string of the molecule is CC1(CO)C=C2CC3CC(CO)(CC23)C1. The van der Waals surface area contributed by atoms with Gasteiger partial charge in [0.1, 0.15) is 0 Å². The van der Waals surface area contributed by atoms with Crippen LogP contribution in [0.2, 0.25) is 0 Å². The molecule has 0 amide bonds. The Morgan fingerprint density at radius 1 is 1.33 bits per heavy atom. The van der Waals surface area contributed by atoms with Crippen LogP contribution in [0.25, 0.3) is 0 Å². The summed E-state index contributed by atoms with van der Waals surface area (Å²) >= 11 is 0. The Labute approximate surface area is 91.0 Å². The fourth-order valence-corrected chi connectivity index (χ4v) is 4.31. The van der Waals surface area contributed by atoms with Crippen molar-refractivity contribution in [2.75, 3.05) is 13.2 Å². The molecule has 2 nitrogen and oxygen atoms in total. The molecule has 0 aromatic rings. The van der Waals surface area contributed by atoms with Gasteiger partial charge in [-0.25, -0.2) is 0 Å². The van der Waals surface area contributed by atoms with Gasteiger partial charge in [-0.2, -0.15) is 0 Å². The van der Waals surface area contributed by atoms with Crippen LogP contribution in [0.5, 0.6) is 0 Å². The maximum absolute atomic E-state index is 9.65. The summed E-state index contributed by atoms with van der Waals surface area (Å²) in [7, 11) is 0. The summed E-state index contributed by atoms with van der Waals surface area (Å²) in [6.45, 7) is 2.65. The van der Waals surface area contributed by atoms with Gasteiger partial charge in [-0.05, 0) is 42.9 Å². The van der Waals surface area contributed by atoms with Gasteiger partial charge in [-0.3, -0.25) is 0 Å². The van der Waals surface area contributed by atoms with Crippen LogP contribution in [0.3, 0.4) is 0 Å². The molecule has 15 heavy (non-hydrogen) atoms. The van der Waals surface area contributed by atoms with Crippen molar-refractivity contribution < 1.29 is 10.2 Å². The molecule has 0 heterocycles. The van der Waals surface area contributed by atoms with Crippen LogP contribution in [0, 0.1) is 22.7 Å². The fourth-order valence-electron chi connectivity index (χ4n) is 4.31. The molecule has 2 fully saturated rings. The van der Waals surface area contributed by atoms with Gasteiger partial charge in [0.15, 0.2) is 0 Å². The van der Waals surface area contributed by atoms with Crippen molar-refractivity contribution in [3.8, 4) is 0 Å². The van der Waals surface area contributed by atoms with E-state index in [2.05, 4.69) is 13.0 Å². The van der Waals surface area contributed by atoms with Crippen LogP contribution < -0.4 is 0 Å². The van der Waals surface area contributed by atoms with Crippen molar-refractivity contribution in [1.29, 1.82) is 0 Å². The minimum Gasteiger partial charge on any atom is -0.396 e. The second-order valence-electron chi connectivity index (χ2n) is 6.35. The quantitative estimate of drug-likeness (QED) is 0.678. The third-order valence-electron chi connectivity index (χ3n) is 4.90. The molecular formula is C13H20O2. The van der Waals surface area contributed by atoms with Gasteiger partial charge >= 0.3 is 0 Å². The number of rotatable bonds is 2. The van der Waals surface area contributed by atoms with E-state index >= 15 is 0 Å². The maximum Gasteiger partial charge on any atom is 0.0519 e. The van der Waals surface area contributed by atoms with E-state index in [1.165, 1.54) is 12.8 Å².